The van der Waals surface area contributed by atoms with Crippen LogP contribution in [0.1, 0.15) is 44.1 Å². The molecule has 0 saturated heterocycles. The molecule has 136 valence electrons. The number of carbonyl (C=O) groups excluding carboxylic acids is 1. The van der Waals surface area contributed by atoms with E-state index in [4.69, 9.17) is 11.6 Å². The summed E-state index contributed by atoms with van der Waals surface area (Å²) in [6.45, 7) is 2.01. The molecule has 0 aliphatic heterocycles. The van der Waals surface area contributed by atoms with Gasteiger partial charge in [-0.1, -0.05) is 29.8 Å². The smallest absolute Gasteiger partial charge is 0.234 e. The van der Waals surface area contributed by atoms with E-state index < -0.39 is 0 Å². The number of nitrogens with one attached hydrogen (secondary N) is 1. The molecule has 5 rings (SSSR count). The van der Waals surface area contributed by atoms with Crippen LogP contribution in [-0.2, 0) is 11.3 Å². The summed E-state index contributed by atoms with van der Waals surface area (Å²) in [6.07, 6.45) is 8.38. The van der Waals surface area contributed by atoms with Gasteiger partial charge in [-0.15, -0.1) is 0 Å². The molecular formula is C21H29ClN2O. The minimum atomic E-state index is 0.144. The van der Waals surface area contributed by atoms with Crippen LogP contribution < -0.4 is 5.32 Å². The fourth-order valence-corrected chi connectivity index (χ4v) is 6.26. The maximum atomic E-state index is 12.4. The van der Waals surface area contributed by atoms with Crippen LogP contribution in [0, 0.1) is 23.2 Å². The second-order valence-electron chi connectivity index (χ2n) is 8.96. The highest BCUT2D eigenvalue weighted by Crippen LogP contribution is 2.59. The van der Waals surface area contributed by atoms with E-state index in [1.165, 1.54) is 38.5 Å². The van der Waals surface area contributed by atoms with Gasteiger partial charge >= 0.3 is 0 Å². The third kappa shape index (κ3) is 3.88. The topological polar surface area (TPSA) is 32.3 Å². The first kappa shape index (κ1) is 17.4. The molecule has 3 nitrogen and oxygen atoms in total. The lowest BCUT2D eigenvalue weighted by molar-refractivity contribution is -0.124. The summed E-state index contributed by atoms with van der Waals surface area (Å²) in [7, 11) is 1.98. The van der Waals surface area contributed by atoms with E-state index in [0.29, 0.717) is 18.5 Å². The predicted octanol–water partition coefficient (Wildman–Crippen LogP) is 4.10. The van der Waals surface area contributed by atoms with Gasteiger partial charge in [0.1, 0.15) is 0 Å². The number of halogens is 1. The zero-order valence-corrected chi connectivity index (χ0v) is 15.9. The van der Waals surface area contributed by atoms with Crippen molar-refractivity contribution < 1.29 is 4.79 Å². The SMILES string of the molecule is CN(CC(=O)NCC12CC3CC(CC(C3)C1)C2)Cc1ccccc1Cl. The number of rotatable bonds is 6. The van der Waals surface area contributed by atoms with Crippen LogP contribution in [0.4, 0.5) is 0 Å². The molecule has 0 unspecified atom stereocenters. The monoisotopic (exact) mass is 360 g/mol. The van der Waals surface area contributed by atoms with Gasteiger partial charge in [-0.25, -0.2) is 0 Å². The van der Waals surface area contributed by atoms with Gasteiger partial charge in [0.05, 0.1) is 6.54 Å². The fourth-order valence-electron chi connectivity index (χ4n) is 6.07. The number of benzene rings is 1. The van der Waals surface area contributed by atoms with E-state index in [9.17, 15) is 4.79 Å². The average Bonchev–Trinajstić information content (AvgIpc) is 2.54. The van der Waals surface area contributed by atoms with Crippen molar-refractivity contribution in [2.45, 2.75) is 45.1 Å². The van der Waals surface area contributed by atoms with E-state index in [1.807, 2.05) is 36.2 Å². The van der Waals surface area contributed by atoms with Crippen molar-refractivity contribution in [2.24, 2.45) is 23.2 Å². The Balaban J connectivity index is 1.27. The van der Waals surface area contributed by atoms with Crippen molar-refractivity contribution in [1.29, 1.82) is 0 Å². The van der Waals surface area contributed by atoms with Crippen LogP contribution in [-0.4, -0.2) is 30.9 Å². The maximum absolute atomic E-state index is 12.4. The van der Waals surface area contributed by atoms with E-state index >= 15 is 0 Å². The lowest BCUT2D eigenvalue weighted by Crippen LogP contribution is -2.51. The molecule has 0 aromatic heterocycles. The van der Waals surface area contributed by atoms with Crippen LogP contribution in [0.15, 0.2) is 24.3 Å². The molecule has 4 saturated carbocycles. The highest BCUT2D eigenvalue weighted by molar-refractivity contribution is 6.31. The number of carbonyl (C=O) groups is 1. The molecular weight excluding hydrogens is 332 g/mol. The van der Waals surface area contributed by atoms with Crippen molar-refractivity contribution in [3.05, 3.63) is 34.9 Å². The second kappa shape index (κ2) is 6.92. The predicted molar refractivity (Wildman–Crippen MR) is 101 cm³/mol. The summed E-state index contributed by atoms with van der Waals surface area (Å²) in [4.78, 5) is 14.5. The van der Waals surface area contributed by atoms with Crippen LogP contribution in [0.5, 0.6) is 0 Å². The van der Waals surface area contributed by atoms with Gasteiger partial charge in [-0.05, 0) is 80.4 Å². The molecule has 1 aromatic carbocycles. The Hall–Kier alpha value is -1.06. The molecule has 25 heavy (non-hydrogen) atoms. The zero-order chi connectivity index (χ0) is 17.4. The summed E-state index contributed by atoms with van der Waals surface area (Å²) in [5.74, 6) is 2.95. The zero-order valence-electron chi connectivity index (χ0n) is 15.1. The van der Waals surface area contributed by atoms with Crippen LogP contribution >= 0.6 is 11.6 Å². The summed E-state index contributed by atoms with van der Waals surface area (Å²) < 4.78 is 0. The highest BCUT2D eigenvalue weighted by Gasteiger charge is 2.50. The van der Waals surface area contributed by atoms with E-state index in [2.05, 4.69) is 5.32 Å². The number of likely N-dealkylation sites (N-methyl/N-ethyl adjacent to an activating group) is 1. The number of hydrogen-bond acceptors (Lipinski definition) is 2. The molecule has 1 amide bonds. The molecule has 0 atom stereocenters. The fraction of sp³-hybridized carbons (Fsp3) is 0.667. The summed E-state index contributed by atoms with van der Waals surface area (Å²) >= 11 is 6.22. The lowest BCUT2D eigenvalue weighted by Gasteiger charge is -2.56. The molecule has 4 fully saturated rings. The van der Waals surface area contributed by atoms with Gasteiger partial charge in [0.2, 0.25) is 5.91 Å². The Bertz CT molecular complexity index is 609. The Labute approximate surface area is 156 Å². The Morgan fingerprint density at radius 2 is 1.76 bits per heavy atom. The Morgan fingerprint density at radius 1 is 1.16 bits per heavy atom. The first-order valence-electron chi connectivity index (χ1n) is 9.70. The van der Waals surface area contributed by atoms with E-state index in [-0.39, 0.29) is 5.91 Å². The summed E-state index contributed by atoms with van der Waals surface area (Å²) in [6, 6.07) is 7.84. The van der Waals surface area contributed by atoms with Crippen molar-refractivity contribution in [1.82, 2.24) is 10.2 Å². The van der Waals surface area contributed by atoms with Gasteiger partial charge in [0.25, 0.3) is 0 Å². The molecule has 4 aliphatic carbocycles. The van der Waals surface area contributed by atoms with Crippen molar-refractivity contribution in [3.8, 4) is 0 Å². The molecule has 1 aromatic rings. The molecule has 1 N–H and O–H groups in total. The van der Waals surface area contributed by atoms with E-state index in [1.54, 1.807) is 0 Å². The van der Waals surface area contributed by atoms with Crippen LogP contribution in [0.3, 0.4) is 0 Å². The minimum Gasteiger partial charge on any atom is -0.354 e. The Morgan fingerprint density at radius 3 is 2.36 bits per heavy atom. The largest absolute Gasteiger partial charge is 0.354 e. The molecule has 0 heterocycles. The minimum absolute atomic E-state index is 0.144. The van der Waals surface area contributed by atoms with Gasteiger partial charge in [0, 0.05) is 18.1 Å². The standard InChI is InChI=1S/C21H29ClN2O/c1-24(12-18-4-2-3-5-19(18)22)13-20(25)23-14-21-9-15-6-16(10-21)8-17(7-15)11-21/h2-5,15-17H,6-14H2,1H3,(H,23,25). The molecule has 4 bridgehead atoms. The molecule has 0 radical (unpaired) electrons. The van der Waals surface area contributed by atoms with Gasteiger partial charge < -0.3 is 5.32 Å². The first-order chi connectivity index (χ1) is 12.0. The van der Waals surface area contributed by atoms with E-state index in [0.717, 1.165) is 34.9 Å². The summed E-state index contributed by atoms with van der Waals surface area (Å²) in [5.41, 5.74) is 1.48. The molecule has 0 spiro atoms. The highest BCUT2D eigenvalue weighted by atomic mass is 35.5. The number of hydrogen-bond donors (Lipinski definition) is 1. The van der Waals surface area contributed by atoms with Gasteiger partial charge in [-0.3, -0.25) is 9.69 Å². The lowest BCUT2D eigenvalue weighted by atomic mass is 9.49. The molecule has 4 aliphatic rings. The number of amides is 1. The summed E-state index contributed by atoms with van der Waals surface area (Å²) in [5, 5.41) is 4.02. The van der Waals surface area contributed by atoms with Crippen LogP contribution in [0.25, 0.3) is 0 Å². The third-order valence-electron chi connectivity index (χ3n) is 6.64. The maximum Gasteiger partial charge on any atom is 0.234 e. The second-order valence-corrected chi connectivity index (χ2v) is 9.37. The van der Waals surface area contributed by atoms with Crippen molar-refractivity contribution in [2.75, 3.05) is 20.1 Å². The van der Waals surface area contributed by atoms with Crippen molar-refractivity contribution in [3.63, 3.8) is 0 Å². The first-order valence-corrected chi connectivity index (χ1v) is 10.1. The van der Waals surface area contributed by atoms with Gasteiger partial charge in [-0.2, -0.15) is 0 Å². The Kier molecular flexibility index (Phi) is 4.81. The molecule has 4 heteroatoms. The van der Waals surface area contributed by atoms with Crippen LogP contribution in [0.2, 0.25) is 5.02 Å². The van der Waals surface area contributed by atoms with Gasteiger partial charge in [0.15, 0.2) is 0 Å². The average molecular weight is 361 g/mol. The van der Waals surface area contributed by atoms with Crippen molar-refractivity contribution >= 4 is 17.5 Å². The third-order valence-corrected chi connectivity index (χ3v) is 7.01. The number of nitrogens with zero attached hydrogens (tertiary/aromatic N) is 1. The quantitative estimate of drug-likeness (QED) is 0.828. The normalized spacial score (nSPS) is 33.0.